The van der Waals surface area contributed by atoms with E-state index >= 15 is 0 Å². The van der Waals surface area contributed by atoms with E-state index in [0.29, 0.717) is 22.2 Å². The summed E-state index contributed by atoms with van der Waals surface area (Å²) in [5, 5.41) is 14.6. The third kappa shape index (κ3) is 3.31. The van der Waals surface area contributed by atoms with Gasteiger partial charge in [0, 0.05) is 24.2 Å². The zero-order valence-electron chi connectivity index (χ0n) is 12.6. The Morgan fingerprint density at radius 3 is 2.67 bits per heavy atom. The van der Waals surface area contributed by atoms with Gasteiger partial charge in [0.25, 0.3) is 0 Å². The minimum atomic E-state index is -0.628. The normalized spacial score (nSPS) is 12.3. The van der Waals surface area contributed by atoms with Gasteiger partial charge in [-0.3, -0.25) is 4.68 Å². The molecule has 21 heavy (non-hydrogen) atoms. The molecule has 1 aromatic carbocycles. The lowest BCUT2D eigenvalue weighted by molar-refractivity contribution is 0.190. The van der Waals surface area contributed by atoms with Crippen LogP contribution in [0.1, 0.15) is 29.8 Å². The van der Waals surface area contributed by atoms with Crippen LogP contribution in [-0.2, 0) is 13.7 Å². The molecule has 1 aromatic heterocycles. The number of ether oxygens (including phenoxy) is 2. The molecule has 0 aliphatic heterocycles. The highest BCUT2D eigenvalue weighted by molar-refractivity contribution is 6.30. The Hall–Kier alpha value is -1.72. The summed E-state index contributed by atoms with van der Waals surface area (Å²) in [5.74, 6) is 1.24. The number of methoxy groups -OCH3 is 1. The van der Waals surface area contributed by atoms with Crippen LogP contribution in [0, 0.1) is 6.92 Å². The molecule has 6 heteroatoms. The van der Waals surface area contributed by atoms with Gasteiger partial charge in [-0.15, -0.1) is 0 Å². The van der Waals surface area contributed by atoms with E-state index in [1.807, 2.05) is 6.92 Å². The van der Waals surface area contributed by atoms with Gasteiger partial charge in [0.2, 0.25) is 0 Å². The zero-order chi connectivity index (χ0) is 15.6. The lowest BCUT2D eigenvalue weighted by Gasteiger charge is -2.14. The largest absolute Gasteiger partial charge is 0.497 e. The number of halogens is 1. The van der Waals surface area contributed by atoms with Crippen LogP contribution >= 0.6 is 11.6 Å². The van der Waals surface area contributed by atoms with Gasteiger partial charge in [-0.05, 0) is 26.0 Å². The van der Waals surface area contributed by atoms with E-state index in [2.05, 4.69) is 5.10 Å². The molecule has 0 saturated carbocycles. The number of aryl methyl sites for hydroxylation is 2. The van der Waals surface area contributed by atoms with Crippen LogP contribution in [0.15, 0.2) is 18.2 Å². The number of aromatic nitrogens is 2. The summed E-state index contributed by atoms with van der Waals surface area (Å²) in [7, 11) is 3.37. The molecule has 114 valence electrons. The molecular formula is C15H19ClN2O3. The van der Waals surface area contributed by atoms with Crippen molar-refractivity contribution in [2.24, 2.45) is 7.05 Å². The first-order chi connectivity index (χ1) is 9.93. The van der Waals surface area contributed by atoms with Gasteiger partial charge in [0.15, 0.2) is 0 Å². The molecule has 0 bridgehead atoms. The van der Waals surface area contributed by atoms with Crippen LogP contribution in [0.3, 0.4) is 0 Å². The van der Waals surface area contributed by atoms with E-state index in [-0.39, 0.29) is 6.61 Å². The Kier molecular flexibility index (Phi) is 4.75. The van der Waals surface area contributed by atoms with Gasteiger partial charge in [-0.1, -0.05) is 11.6 Å². The number of nitrogens with zero attached hydrogens (tertiary/aromatic N) is 2. The summed E-state index contributed by atoms with van der Waals surface area (Å²) in [6.45, 7) is 3.86. The fraction of sp³-hybridized carbons (Fsp3) is 0.400. The van der Waals surface area contributed by atoms with Gasteiger partial charge in [0.05, 0.1) is 18.9 Å². The SMILES string of the molecule is COc1ccc([C@H](C)O)c(OCc2c(C)nn(C)c2Cl)c1. The predicted octanol–water partition coefficient (Wildman–Crippen LogP) is 3.02. The quantitative estimate of drug-likeness (QED) is 0.922. The first kappa shape index (κ1) is 15.7. The smallest absolute Gasteiger partial charge is 0.133 e. The van der Waals surface area contributed by atoms with Crippen LogP contribution in [0.2, 0.25) is 5.15 Å². The fourth-order valence-corrected chi connectivity index (χ4v) is 2.33. The third-order valence-electron chi connectivity index (χ3n) is 3.31. The van der Waals surface area contributed by atoms with Crippen molar-refractivity contribution in [1.82, 2.24) is 9.78 Å². The summed E-state index contributed by atoms with van der Waals surface area (Å²) in [6.07, 6.45) is -0.628. The number of hydrogen-bond acceptors (Lipinski definition) is 4. The highest BCUT2D eigenvalue weighted by Crippen LogP contribution is 2.31. The second-order valence-electron chi connectivity index (χ2n) is 4.85. The monoisotopic (exact) mass is 310 g/mol. The molecule has 0 fully saturated rings. The molecule has 0 saturated heterocycles. The second kappa shape index (κ2) is 6.37. The third-order valence-corrected chi connectivity index (χ3v) is 3.79. The van der Waals surface area contributed by atoms with E-state index in [4.69, 9.17) is 21.1 Å². The second-order valence-corrected chi connectivity index (χ2v) is 5.20. The molecule has 2 rings (SSSR count). The molecule has 1 N–H and O–H groups in total. The summed E-state index contributed by atoms with van der Waals surface area (Å²) >= 11 is 6.19. The summed E-state index contributed by atoms with van der Waals surface area (Å²) < 4.78 is 12.6. The lowest BCUT2D eigenvalue weighted by Crippen LogP contribution is -2.02. The standard InChI is InChI=1S/C15H19ClN2O3/c1-9-13(15(16)18(3)17-9)8-21-14-7-11(20-4)5-6-12(14)10(2)19/h5-7,10,19H,8H2,1-4H3/t10-/m0/s1. The Balaban J connectivity index is 2.26. The molecule has 0 radical (unpaired) electrons. The fourth-order valence-electron chi connectivity index (χ4n) is 2.10. The topological polar surface area (TPSA) is 56.5 Å². The van der Waals surface area contributed by atoms with Crippen molar-refractivity contribution in [3.63, 3.8) is 0 Å². The van der Waals surface area contributed by atoms with Crippen LogP contribution in [-0.4, -0.2) is 22.0 Å². The Bertz CT molecular complexity index is 638. The number of hydrogen-bond donors (Lipinski definition) is 1. The zero-order valence-corrected chi connectivity index (χ0v) is 13.3. The molecule has 0 aliphatic carbocycles. The molecule has 0 aliphatic rings. The van der Waals surface area contributed by atoms with Gasteiger partial charge in [0.1, 0.15) is 23.3 Å². The lowest BCUT2D eigenvalue weighted by atomic mass is 10.1. The maximum Gasteiger partial charge on any atom is 0.133 e. The minimum Gasteiger partial charge on any atom is -0.497 e. The van der Waals surface area contributed by atoms with Crippen molar-refractivity contribution in [2.45, 2.75) is 26.6 Å². The van der Waals surface area contributed by atoms with E-state index < -0.39 is 6.10 Å². The molecule has 0 amide bonds. The molecule has 1 heterocycles. The van der Waals surface area contributed by atoms with Crippen LogP contribution in [0.25, 0.3) is 0 Å². The van der Waals surface area contributed by atoms with Crippen molar-refractivity contribution in [1.29, 1.82) is 0 Å². The van der Waals surface area contributed by atoms with Crippen LogP contribution in [0.4, 0.5) is 0 Å². The molecule has 5 nitrogen and oxygen atoms in total. The molecule has 0 unspecified atom stereocenters. The van der Waals surface area contributed by atoms with Crippen molar-refractivity contribution in [3.8, 4) is 11.5 Å². The Morgan fingerprint density at radius 2 is 2.14 bits per heavy atom. The molecule has 1 atom stereocenters. The molecule has 2 aromatic rings. The van der Waals surface area contributed by atoms with Gasteiger partial charge >= 0.3 is 0 Å². The summed E-state index contributed by atoms with van der Waals surface area (Å²) in [5.41, 5.74) is 2.36. The minimum absolute atomic E-state index is 0.283. The highest BCUT2D eigenvalue weighted by Gasteiger charge is 2.15. The Labute approximate surface area is 129 Å². The van der Waals surface area contributed by atoms with E-state index in [1.54, 1.807) is 44.0 Å². The first-order valence-electron chi connectivity index (χ1n) is 6.60. The summed E-state index contributed by atoms with van der Waals surface area (Å²) in [6, 6.07) is 5.33. The number of aliphatic hydroxyl groups excluding tert-OH is 1. The Morgan fingerprint density at radius 1 is 1.43 bits per heavy atom. The van der Waals surface area contributed by atoms with Crippen molar-refractivity contribution in [2.75, 3.05) is 7.11 Å². The number of benzene rings is 1. The van der Waals surface area contributed by atoms with Crippen LogP contribution < -0.4 is 9.47 Å². The molecular weight excluding hydrogens is 292 g/mol. The average molecular weight is 311 g/mol. The molecule has 0 spiro atoms. The first-order valence-corrected chi connectivity index (χ1v) is 6.98. The van der Waals surface area contributed by atoms with Crippen LogP contribution in [0.5, 0.6) is 11.5 Å². The van der Waals surface area contributed by atoms with Gasteiger partial charge in [-0.25, -0.2) is 0 Å². The van der Waals surface area contributed by atoms with Crippen molar-refractivity contribution < 1.29 is 14.6 Å². The number of aliphatic hydroxyl groups is 1. The van der Waals surface area contributed by atoms with E-state index in [0.717, 1.165) is 11.3 Å². The average Bonchev–Trinajstić information content (AvgIpc) is 2.69. The van der Waals surface area contributed by atoms with E-state index in [9.17, 15) is 5.11 Å². The predicted molar refractivity (Wildman–Crippen MR) is 80.9 cm³/mol. The maximum atomic E-state index is 9.82. The van der Waals surface area contributed by atoms with Gasteiger partial charge < -0.3 is 14.6 Å². The van der Waals surface area contributed by atoms with E-state index in [1.165, 1.54) is 0 Å². The van der Waals surface area contributed by atoms with Crippen molar-refractivity contribution >= 4 is 11.6 Å². The number of rotatable bonds is 5. The highest BCUT2D eigenvalue weighted by atomic mass is 35.5. The van der Waals surface area contributed by atoms with Crippen molar-refractivity contribution in [3.05, 3.63) is 40.2 Å². The summed E-state index contributed by atoms with van der Waals surface area (Å²) in [4.78, 5) is 0. The van der Waals surface area contributed by atoms with Gasteiger partial charge in [-0.2, -0.15) is 5.10 Å². The maximum absolute atomic E-state index is 9.82.